The molecule has 2 N–H and O–H groups in total. The molecule has 0 atom stereocenters. The molecule has 0 saturated heterocycles. The molecular formula is C18H18Br2N2O3. The maximum Gasteiger partial charge on any atom is 0.262 e. The number of ether oxygens (including phenoxy) is 1. The van der Waals surface area contributed by atoms with Gasteiger partial charge in [0, 0.05) is 22.3 Å². The van der Waals surface area contributed by atoms with Gasteiger partial charge in [-0.25, -0.2) is 0 Å². The summed E-state index contributed by atoms with van der Waals surface area (Å²) in [6.45, 7) is 3.59. The van der Waals surface area contributed by atoms with Crippen LogP contribution in [0.15, 0.2) is 45.3 Å². The van der Waals surface area contributed by atoms with Gasteiger partial charge in [0.05, 0.1) is 4.47 Å². The fourth-order valence-corrected chi connectivity index (χ4v) is 3.65. The predicted octanol–water partition coefficient (Wildman–Crippen LogP) is 4.89. The molecule has 7 heteroatoms. The van der Waals surface area contributed by atoms with E-state index >= 15 is 0 Å². The van der Waals surface area contributed by atoms with Crippen LogP contribution in [0.2, 0.25) is 0 Å². The lowest BCUT2D eigenvalue weighted by molar-refractivity contribution is -0.118. The molecule has 2 rings (SSSR count). The highest BCUT2D eigenvalue weighted by atomic mass is 79.9. The van der Waals surface area contributed by atoms with Crippen molar-refractivity contribution < 1.29 is 14.3 Å². The van der Waals surface area contributed by atoms with Crippen LogP contribution < -0.4 is 15.4 Å². The van der Waals surface area contributed by atoms with Gasteiger partial charge in [-0.1, -0.05) is 22.9 Å². The van der Waals surface area contributed by atoms with Crippen LogP contribution in [-0.2, 0) is 9.59 Å². The zero-order valence-corrected chi connectivity index (χ0v) is 17.0. The van der Waals surface area contributed by atoms with Gasteiger partial charge in [-0.15, -0.1) is 0 Å². The molecule has 2 aromatic rings. The third-order valence-electron chi connectivity index (χ3n) is 3.32. The van der Waals surface area contributed by atoms with Crippen LogP contribution in [0.1, 0.15) is 18.9 Å². The first-order chi connectivity index (χ1) is 11.9. The highest BCUT2D eigenvalue weighted by Crippen LogP contribution is 2.32. The fourth-order valence-electron chi connectivity index (χ4n) is 2.09. The lowest BCUT2D eigenvalue weighted by Gasteiger charge is -2.12. The molecule has 0 radical (unpaired) electrons. The normalized spacial score (nSPS) is 10.2. The van der Waals surface area contributed by atoms with Crippen molar-refractivity contribution in [2.24, 2.45) is 0 Å². The average Bonchev–Trinajstić information content (AvgIpc) is 2.55. The molecule has 0 fully saturated rings. The van der Waals surface area contributed by atoms with E-state index in [9.17, 15) is 9.59 Å². The van der Waals surface area contributed by atoms with Crippen LogP contribution in [0.4, 0.5) is 11.4 Å². The van der Waals surface area contributed by atoms with E-state index < -0.39 is 0 Å². The molecule has 0 saturated carbocycles. The van der Waals surface area contributed by atoms with Crippen molar-refractivity contribution in [1.29, 1.82) is 0 Å². The summed E-state index contributed by atoms with van der Waals surface area (Å²) >= 11 is 6.83. The Morgan fingerprint density at radius 3 is 2.08 bits per heavy atom. The van der Waals surface area contributed by atoms with Crippen molar-refractivity contribution in [2.45, 2.75) is 20.3 Å². The predicted molar refractivity (Wildman–Crippen MR) is 106 cm³/mol. The second-order valence-electron chi connectivity index (χ2n) is 5.35. The molecule has 2 amide bonds. The van der Waals surface area contributed by atoms with Crippen molar-refractivity contribution in [1.82, 2.24) is 0 Å². The van der Waals surface area contributed by atoms with E-state index in [1.54, 1.807) is 31.2 Å². The first kappa shape index (κ1) is 19.5. The van der Waals surface area contributed by atoms with Crippen LogP contribution in [-0.4, -0.2) is 18.4 Å². The Kier molecular flexibility index (Phi) is 7.01. The number of nitrogens with one attached hydrogen (secondary N) is 2. The quantitative estimate of drug-likeness (QED) is 0.633. The number of anilines is 2. The standard InChI is InChI=1S/C18H18Br2N2O3/c1-3-16(23)21-13-4-6-14(7-5-13)22-17(24)10-25-18-11(2)8-12(19)9-15(18)20/h4-9H,3,10H2,1-2H3,(H,21,23)(H,22,24). The second kappa shape index (κ2) is 9.01. The summed E-state index contributed by atoms with van der Waals surface area (Å²) in [6.07, 6.45) is 0.418. The van der Waals surface area contributed by atoms with Crippen LogP contribution in [0.5, 0.6) is 5.75 Å². The molecule has 2 aromatic carbocycles. The molecule has 0 aliphatic rings. The molecule has 5 nitrogen and oxygen atoms in total. The van der Waals surface area contributed by atoms with Crippen molar-refractivity contribution in [2.75, 3.05) is 17.2 Å². The second-order valence-corrected chi connectivity index (χ2v) is 7.12. The van der Waals surface area contributed by atoms with Gasteiger partial charge in [-0.2, -0.15) is 0 Å². The molecule has 0 bridgehead atoms. The number of halogens is 2. The number of hydrogen-bond donors (Lipinski definition) is 2. The summed E-state index contributed by atoms with van der Waals surface area (Å²) in [5, 5.41) is 5.51. The highest BCUT2D eigenvalue weighted by molar-refractivity contribution is 9.11. The smallest absolute Gasteiger partial charge is 0.262 e. The van der Waals surface area contributed by atoms with Crippen molar-refractivity contribution in [3.05, 3.63) is 50.9 Å². The molecular weight excluding hydrogens is 452 g/mol. The molecule has 0 aliphatic carbocycles. The summed E-state index contributed by atoms with van der Waals surface area (Å²) in [5.74, 6) is 0.316. The maximum atomic E-state index is 12.1. The number of benzene rings is 2. The third-order valence-corrected chi connectivity index (χ3v) is 4.36. The third kappa shape index (κ3) is 5.86. The molecule has 25 heavy (non-hydrogen) atoms. The number of carbonyl (C=O) groups is 2. The zero-order valence-electron chi connectivity index (χ0n) is 13.9. The first-order valence-electron chi connectivity index (χ1n) is 7.67. The Morgan fingerprint density at radius 2 is 1.56 bits per heavy atom. The zero-order chi connectivity index (χ0) is 18.4. The van der Waals surface area contributed by atoms with Crippen molar-refractivity contribution >= 4 is 55.0 Å². The number of amides is 2. The van der Waals surface area contributed by atoms with Gasteiger partial charge in [-0.05, 0) is 64.8 Å². The SMILES string of the molecule is CCC(=O)Nc1ccc(NC(=O)COc2c(C)cc(Br)cc2Br)cc1. The van der Waals surface area contributed by atoms with E-state index in [1.165, 1.54) is 0 Å². The van der Waals surface area contributed by atoms with Gasteiger partial charge >= 0.3 is 0 Å². The Labute approximate surface area is 163 Å². The summed E-state index contributed by atoms with van der Waals surface area (Å²) < 4.78 is 7.33. The van der Waals surface area contributed by atoms with Gasteiger partial charge < -0.3 is 15.4 Å². The Balaban J connectivity index is 1.91. The van der Waals surface area contributed by atoms with Gasteiger partial charge in [0.25, 0.3) is 5.91 Å². The number of rotatable bonds is 6. The Bertz CT molecular complexity index is 753. The van der Waals surface area contributed by atoms with Gasteiger partial charge in [0.15, 0.2) is 6.61 Å². The maximum absolute atomic E-state index is 12.1. The summed E-state index contributed by atoms with van der Waals surface area (Å²) in [5.41, 5.74) is 2.25. The summed E-state index contributed by atoms with van der Waals surface area (Å²) in [7, 11) is 0. The van der Waals surface area contributed by atoms with Crippen LogP contribution in [0.3, 0.4) is 0 Å². The van der Waals surface area contributed by atoms with Crippen LogP contribution >= 0.6 is 31.9 Å². The van der Waals surface area contributed by atoms with E-state index in [0.29, 0.717) is 23.5 Å². The van der Waals surface area contributed by atoms with E-state index in [2.05, 4.69) is 42.5 Å². The van der Waals surface area contributed by atoms with Gasteiger partial charge in [0.1, 0.15) is 5.75 Å². The Morgan fingerprint density at radius 1 is 1.00 bits per heavy atom. The van der Waals surface area contributed by atoms with E-state index in [4.69, 9.17) is 4.74 Å². The fraction of sp³-hybridized carbons (Fsp3) is 0.222. The number of aryl methyl sites for hydroxylation is 1. The average molecular weight is 470 g/mol. The lowest BCUT2D eigenvalue weighted by Crippen LogP contribution is -2.20. The largest absolute Gasteiger partial charge is 0.482 e. The van der Waals surface area contributed by atoms with E-state index in [-0.39, 0.29) is 18.4 Å². The van der Waals surface area contributed by atoms with E-state index in [0.717, 1.165) is 14.5 Å². The Hall–Kier alpha value is -1.86. The van der Waals surface area contributed by atoms with E-state index in [1.807, 2.05) is 19.1 Å². The topological polar surface area (TPSA) is 67.4 Å². The molecule has 0 aromatic heterocycles. The number of carbonyl (C=O) groups excluding carboxylic acids is 2. The van der Waals surface area contributed by atoms with Gasteiger partial charge in [0.2, 0.25) is 5.91 Å². The monoisotopic (exact) mass is 468 g/mol. The molecule has 132 valence electrons. The molecule has 0 unspecified atom stereocenters. The van der Waals surface area contributed by atoms with Crippen LogP contribution in [0.25, 0.3) is 0 Å². The summed E-state index contributed by atoms with van der Waals surface area (Å²) in [6, 6.07) is 10.7. The highest BCUT2D eigenvalue weighted by Gasteiger charge is 2.10. The molecule has 0 heterocycles. The minimum Gasteiger partial charge on any atom is -0.482 e. The summed E-state index contributed by atoms with van der Waals surface area (Å²) in [4.78, 5) is 23.4. The van der Waals surface area contributed by atoms with Crippen molar-refractivity contribution in [3.8, 4) is 5.75 Å². The molecule has 0 spiro atoms. The number of hydrogen-bond acceptors (Lipinski definition) is 3. The first-order valence-corrected chi connectivity index (χ1v) is 9.26. The van der Waals surface area contributed by atoms with Gasteiger partial charge in [-0.3, -0.25) is 9.59 Å². The minimum atomic E-state index is -0.264. The van der Waals surface area contributed by atoms with Crippen LogP contribution in [0, 0.1) is 6.92 Å². The van der Waals surface area contributed by atoms with Crippen molar-refractivity contribution in [3.63, 3.8) is 0 Å². The minimum absolute atomic E-state index is 0.0550. The molecule has 0 aliphatic heterocycles. The lowest BCUT2D eigenvalue weighted by atomic mass is 10.2.